The van der Waals surface area contributed by atoms with Crippen LogP contribution in [0.15, 0.2) is 29.4 Å². The fourth-order valence-corrected chi connectivity index (χ4v) is 1.87. The minimum absolute atomic E-state index is 0.295. The topological polar surface area (TPSA) is 58.9 Å². The van der Waals surface area contributed by atoms with Crippen LogP contribution in [0.2, 0.25) is 0 Å². The van der Waals surface area contributed by atoms with E-state index in [9.17, 15) is 4.79 Å². The summed E-state index contributed by atoms with van der Waals surface area (Å²) in [5.41, 5.74) is 1.63. The zero-order chi connectivity index (χ0) is 13.3. The van der Waals surface area contributed by atoms with Crippen LogP contribution in [0, 0.1) is 0 Å². The van der Waals surface area contributed by atoms with Crippen LogP contribution < -0.4 is 0 Å². The highest BCUT2D eigenvalue weighted by Crippen LogP contribution is 2.27. The van der Waals surface area contributed by atoms with E-state index in [-0.39, 0.29) is 0 Å². The van der Waals surface area contributed by atoms with Crippen molar-refractivity contribution >= 4 is 11.7 Å². The summed E-state index contributed by atoms with van der Waals surface area (Å²) in [6, 6.07) is 8.01. The zero-order valence-electron chi connectivity index (χ0n) is 10.8. The van der Waals surface area contributed by atoms with Crippen molar-refractivity contribution in [3.8, 4) is 0 Å². The molecule has 4 nitrogen and oxygen atoms in total. The number of hydrogen-bond acceptors (Lipinski definition) is 3. The van der Waals surface area contributed by atoms with Gasteiger partial charge >= 0.3 is 5.97 Å². The Hall–Kier alpha value is -1.84. The Morgan fingerprint density at radius 2 is 2.00 bits per heavy atom. The molecule has 1 heterocycles. The minimum atomic E-state index is -1.23. The summed E-state index contributed by atoms with van der Waals surface area (Å²) in [4.78, 5) is 16.1. The van der Waals surface area contributed by atoms with E-state index in [0.29, 0.717) is 18.1 Å². The summed E-state index contributed by atoms with van der Waals surface area (Å²) < 4.78 is 0. The molecule has 96 valence electrons. The molecule has 1 aromatic rings. The van der Waals surface area contributed by atoms with Crippen molar-refractivity contribution in [3.63, 3.8) is 0 Å². The van der Waals surface area contributed by atoms with Gasteiger partial charge in [-0.05, 0) is 24.0 Å². The van der Waals surface area contributed by atoms with Crippen LogP contribution in [0.4, 0.5) is 0 Å². The van der Waals surface area contributed by atoms with E-state index < -0.39 is 11.6 Å². The van der Waals surface area contributed by atoms with E-state index in [1.54, 1.807) is 0 Å². The van der Waals surface area contributed by atoms with E-state index in [1.807, 2.05) is 24.3 Å². The van der Waals surface area contributed by atoms with Crippen LogP contribution in [0.5, 0.6) is 0 Å². The van der Waals surface area contributed by atoms with Crippen molar-refractivity contribution in [1.82, 2.24) is 0 Å². The van der Waals surface area contributed by atoms with Crippen molar-refractivity contribution in [1.29, 1.82) is 0 Å². The summed E-state index contributed by atoms with van der Waals surface area (Å²) in [5, 5.41) is 12.9. The SMILES string of the molecule is CC(C)c1ccc(C2=NO[C@@](C)(C(=O)O)C2)cc1. The van der Waals surface area contributed by atoms with Crippen molar-refractivity contribution in [2.24, 2.45) is 5.16 Å². The number of oxime groups is 1. The lowest BCUT2D eigenvalue weighted by Gasteiger charge is -2.14. The van der Waals surface area contributed by atoms with Gasteiger partial charge in [-0.15, -0.1) is 0 Å². The highest BCUT2D eigenvalue weighted by Gasteiger charge is 2.42. The number of hydrogen-bond donors (Lipinski definition) is 1. The molecular weight excluding hydrogens is 230 g/mol. The second-order valence-electron chi connectivity index (χ2n) is 5.12. The fourth-order valence-electron chi connectivity index (χ4n) is 1.87. The van der Waals surface area contributed by atoms with E-state index in [4.69, 9.17) is 9.94 Å². The number of aliphatic carboxylic acids is 1. The molecule has 0 saturated heterocycles. The van der Waals surface area contributed by atoms with Gasteiger partial charge in [0, 0.05) is 6.42 Å². The maximum atomic E-state index is 11.0. The third-order valence-electron chi connectivity index (χ3n) is 3.23. The maximum absolute atomic E-state index is 11.0. The van der Waals surface area contributed by atoms with Crippen LogP contribution >= 0.6 is 0 Å². The maximum Gasteiger partial charge on any atom is 0.351 e. The Kier molecular flexibility index (Phi) is 3.11. The third kappa shape index (κ3) is 2.23. The van der Waals surface area contributed by atoms with E-state index in [0.717, 1.165) is 5.56 Å². The van der Waals surface area contributed by atoms with Gasteiger partial charge in [-0.2, -0.15) is 0 Å². The molecule has 1 aromatic carbocycles. The molecule has 0 bridgehead atoms. The van der Waals surface area contributed by atoms with Gasteiger partial charge in [0.25, 0.3) is 0 Å². The van der Waals surface area contributed by atoms with Gasteiger partial charge in [0.2, 0.25) is 5.60 Å². The first-order valence-corrected chi connectivity index (χ1v) is 6.01. The average Bonchev–Trinajstić information content (AvgIpc) is 2.73. The number of carbonyl (C=O) groups is 1. The summed E-state index contributed by atoms with van der Waals surface area (Å²) in [6.07, 6.45) is 0.295. The van der Waals surface area contributed by atoms with Crippen LogP contribution in [0.25, 0.3) is 0 Å². The summed E-state index contributed by atoms with van der Waals surface area (Å²) in [5.74, 6) is -0.509. The monoisotopic (exact) mass is 247 g/mol. The van der Waals surface area contributed by atoms with Gasteiger partial charge < -0.3 is 9.94 Å². The highest BCUT2D eigenvalue weighted by molar-refractivity contribution is 6.04. The van der Waals surface area contributed by atoms with Gasteiger partial charge in [0.15, 0.2) is 0 Å². The van der Waals surface area contributed by atoms with Crippen molar-refractivity contribution < 1.29 is 14.7 Å². The second kappa shape index (κ2) is 4.44. The smallest absolute Gasteiger partial charge is 0.351 e. The predicted octanol–water partition coefficient (Wildman–Crippen LogP) is 2.78. The molecule has 1 N–H and O–H groups in total. The molecule has 18 heavy (non-hydrogen) atoms. The normalized spacial score (nSPS) is 22.8. The lowest BCUT2D eigenvalue weighted by molar-refractivity contribution is -0.160. The van der Waals surface area contributed by atoms with Crippen molar-refractivity contribution in [3.05, 3.63) is 35.4 Å². The number of carboxylic acid groups (broad SMARTS) is 1. The molecule has 1 aliphatic heterocycles. The Morgan fingerprint density at radius 1 is 1.39 bits per heavy atom. The van der Waals surface area contributed by atoms with Crippen LogP contribution in [0.1, 0.15) is 44.2 Å². The van der Waals surface area contributed by atoms with Crippen LogP contribution in [0.3, 0.4) is 0 Å². The van der Waals surface area contributed by atoms with Gasteiger partial charge in [0.05, 0.1) is 5.71 Å². The molecule has 0 unspecified atom stereocenters. The quantitative estimate of drug-likeness (QED) is 0.893. The molecule has 1 aliphatic rings. The summed E-state index contributed by atoms with van der Waals surface area (Å²) in [7, 11) is 0. The molecule has 0 spiro atoms. The predicted molar refractivity (Wildman–Crippen MR) is 68.8 cm³/mol. The first-order valence-electron chi connectivity index (χ1n) is 6.01. The van der Waals surface area contributed by atoms with Gasteiger partial charge in [-0.25, -0.2) is 4.79 Å². The molecule has 0 amide bonds. The Balaban J connectivity index is 2.17. The van der Waals surface area contributed by atoms with Gasteiger partial charge in [0.1, 0.15) is 0 Å². The number of nitrogens with zero attached hydrogens (tertiary/aromatic N) is 1. The zero-order valence-corrected chi connectivity index (χ0v) is 10.8. The Bertz CT molecular complexity index is 490. The molecular formula is C14H17NO3. The molecule has 4 heteroatoms. The largest absolute Gasteiger partial charge is 0.478 e. The lowest BCUT2D eigenvalue weighted by atomic mass is 9.94. The molecule has 0 fully saturated rings. The van der Waals surface area contributed by atoms with Crippen LogP contribution in [-0.4, -0.2) is 22.4 Å². The molecule has 0 aromatic heterocycles. The van der Waals surface area contributed by atoms with Crippen LogP contribution in [-0.2, 0) is 9.63 Å². The highest BCUT2D eigenvalue weighted by atomic mass is 16.7. The minimum Gasteiger partial charge on any atom is -0.478 e. The lowest BCUT2D eigenvalue weighted by Crippen LogP contribution is -2.35. The number of rotatable bonds is 3. The van der Waals surface area contributed by atoms with E-state index >= 15 is 0 Å². The summed E-state index contributed by atoms with van der Waals surface area (Å²) in [6.45, 7) is 5.80. The molecule has 0 aliphatic carbocycles. The standard InChI is InChI=1S/C14H17NO3/c1-9(2)10-4-6-11(7-5-10)12-8-14(3,13(16)17)18-15-12/h4-7,9H,8H2,1-3H3,(H,16,17)/t14-/m1/s1. The first-order chi connectivity index (χ1) is 8.42. The number of carboxylic acids is 1. The average molecular weight is 247 g/mol. The van der Waals surface area contributed by atoms with Gasteiger partial charge in [-0.3, -0.25) is 0 Å². The Morgan fingerprint density at radius 3 is 2.44 bits per heavy atom. The second-order valence-corrected chi connectivity index (χ2v) is 5.12. The van der Waals surface area contributed by atoms with Crippen molar-refractivity contribution in [2.75, 3.05) is 0 Å². The van der Waals surface area contributed by atoms with Crippen molar-refractivity contribution in [2.45, 2.75) is 38.7 Å². The van der Waals surface area contributed by atoms with E-state index in [1.165, 1.54) is 12.5 Å². The molecule has 1 atom stereocenters. The Labute approximate surface area is 106 Å². The first kappa shape index (κ1) is 12.6. The fraction of sp³-hybridized carbons (Fsp3) is 0.429. The van der Waals surface area contributed by atoms with Gasteiger partial charge in [-0.1, -0.05) is 43.3 Å². The van der Waals surface area contributed by atoms with E-state index in [2.05, 4.69) is 19.0 Å². The molecule has 2 rings (SSSR count). The molecule has 0 saturated carbocycles. The molecule has 0 radical (unpaired) electrons. The summed E-state index contributed by atoms with van der Waals surface area (Å²) >= 11 is 0. The third-order valence-corrected chi connectivity index (χ3v) is 3.23. The number of benzene rings is 1.